The van der Waals surface area contributed by atoms with E-state index in [9.17, 15) is 9.18 Å². The van der Waals surface area contributed by atoms with E-state index in [1.54, 1.807) is 0 Å². The summed E-state index contributed by atoms with van der Waals surface area (Å²) in [5.41, 5.74) is 3.45. The van der Waals surface area contributed by atoms with Crippen LogP contribution in [0.3, 0.4) is 0 Å². The van der Waals surface area contributed by atoms with E-state index < -0.39 is 5.91 Å². The maximum atomic E-state index is 12.8. The van der Waals surface area contributed by atoms with E-state index in [0.717, 1.165) is 5.56 Å². The molecule has 0 aliphatic carbocycles. The molecule has 134 valence electrons. The number of halogens is 1. The summed E-state index contributed by atoms with van der Waals surface area (Å²) in [6, 6.07) is 11.5. The number of ether oxygens (including phenoxy) is 1. The van der Waals surface area contributed by atoms with E-state index in [0.29, 0.717) is 18.1 Å². The summed E-state index contributed by atoms with van der Waals surface area (Å²) in [6.07, 6.45) is 0.482. The Balaban J connectivity index is 1.53. The first-order chi connectivity index (χ1) is 12.5. The van der Waals surface area contributed by atoms with Crippen LogP contribution >= 0.6 is 0 Å². The molecular weight excluding hydrogens is 337 g/mol. The normalized spacial score (nSPS) is 10.6. The minimum atomic E-state index is -0.448. The lowest BCUT2D eigenvalue weighted by Gasteiger charge is -2.05. The zero-order valence-electron chi connectivity index (χ0n) is 14.5. The van der Waals surface area contributed by atoms with Crippen LogP contribution < -0.4 is 10.1 Å². The first-order valence-electron chi connectivity index (χ1n) is 8.06. The second-order valence-corrected chi connectivity index (χ2v) is 5.89. The maximum absolute atomic E-state index is 12.8. The zero-order chi connectivity index (χ0) is 18.5. The Hall–Kier alpha value is -3.22. The van der Waals surface area contributed by atoms with Crippen molar-refractivity contribution in [1.82, 2.24) is 10.2 Å². The van der Waals surface area contributed by atoms with Crippen LogP contribution in [0.4, 0.5) is 10.4 Å². The molecule has 0 spiro atoms. The highest BCUT2D eigenvalue weighted by Crippen LogP contribution is 2.15. The average molecular weight is 355 g/mol. The summed E-state index contributed by atoms with van der Waals surface area (Å²) in [5.74, 6) is -0.0230. The lowest BCUT2D eigenvalue weighted by Crippen LogP contribution is -2.20. The Morgan fingerprint density at radius 3 is 2.62 bits per heavy atom. The van der Waals surface area contributed by atoms with Gasteiger partial charge in [0.2, 0.25) is 5.89 Å². The summed E-state index contributed by atoms with van der Waals surface area (Å²) >= 11 is 0. The van der Waals surface area contributed by atoms with Crippen molar-refractivity contribution in [1.29, 1.82) is 0 Å². The van der Waals surface area contributed by atoms with Crippen molar-refractivity contribution in [2.45, 2.75) is 20.3 Å². The monoisotopic (exact) mass is 355 g/mol. The molecule has 0 saturated carbocycles. The van der Waals surface area contributed by atoms with Crippen LogP contribution in [0.2, 0.25) is 0 Å². The molecule has 0 aliphatic rings. The predicted octanol–water partition coefficient (Wildman–Crippen LogP) is 3.43. The number of anilines is 1. The Labute approximate surface area is 150 Å². The molecule has 0 aliphatic heterocycles. The van der Waals surface area contributed by atoms with Gasteiger partial charge in [0, 0.05) is 0 Å². The molecule has 1 heterocycles. The van der Waals surface area contributed by atoms with Crippen LogP contribution in [0.5, 0.6) is 5.75 Å². The van der Waals surface area contributed by atoms with Gasteiger partial charge in [0.15, 0.2) is 6.61 Å². The highest BCUT2D eigenvalue weighted by molar-refractivity contribution is 5.89. The van der Waals surface area contributed by atoms with Crippen molar-refractivity contribution >= 4 is 11.9 Å². The number of hydrogen-bond donors (Lipinski definition) is 1. The molecule has 0 unspecified atom stereocenters. The molecule has 0 fully saturated rings. The van der Waals surface area contributed by atoms with Gasteiger partial charge < -0.3 is 9.15 Å². The van der Waals surface area contributed by atoms with Crippen LogP contribution in [0.15, 0.2) is 46.9 Å². The SMILES string of the molecule is Cc1ccc(Cc2nnc(NC(=O)COc3ccc(F)cc3)o2)cc1C. The Morgan fingerprint density at radius 1 is 1.12 bits per heavy atom. The van der Waals surface area contributed by atoms with Crippen molar-refractivity contribution in [2.24, 2.45) is 0 Å². The first-order valence-corrected chi connectivity index (χ1v) is 8.06. The molecule has 1 aromatic heterocycles. The van der Waals surface area contributed by atoms with Crippen LogP contribution in [0, 0.1) is 19.7 Å². The molecule has 0 atom stereocenters. The van der Waals surface area contributed by atoms with E-state index in [1.165, 1.54) is 35.4 Å². The van der Waals surface area contributed by atoms with E-state index in [2.05, 4.69) is 21.6 Å². The molecule has 1 N–H and O–H groups in total. The fourth-order valence-corrected chi connectivity index (χ4v) is 2.30. The van der Waals surface area contributed by atoms with E-state index in [4.69, 9.17) is 9.15 Å². The van der Waals surface area contributed by atoms with Gasteiger partial charge >= 0.3 is 6.01 Å². The third-order valence-electron chi connectivity index (χ3n) is 3.82. The number of amides is 1. The van der Waals surface area contributed by atoms with Gasteiger partial charge in [-0.3, -0.25) is 10.1 Å². The molecular formula is C19H18FN3O3. The number of aromatic nitrogens is 2. The van der Waals surface area contributed by atoms with Crippen molar-refractivity contribution in [3.05, 3.63) is 70.9 Å². The highest BCUT2D eigenvalue weighted by atomic mass is 19.1. The smallest absolute Gasteiger partial charge is 0.322 e. The summed E-state index contributed by atoms with van der Waals surface area (Å²) in [4.78, 5) is 11.9. The number of carbonyl (C=O) groups is 1. The maximum Gasteiger partial charge on any atom is 0.322 e. The van der Waals surface area contributed by atoms with Gasteiger partial charge in [0.1, 0.15) is 11.6 Å². The first kappa shape index (κ1) is 17.6. The lowest BCUT2D eigenvalue weighted by atomic mass is 10.0. The Kier molecular flexibility index (Phi) is 5.26. The third-order valence-corrected chi connectivity index (χ3v) is 3.82. The molecule has 1 amide bonds. The molecule has 7 heteroatoms. The standard InChI is InChI=1S/C19H18FN3O3/c1-12-3-4-14(9-13(12)2)10-18-22-23-19(26-18)21-17(24)11-25-16-7-5-15(20)6-8-16/h3-9H,10-11H2,1-2H3,(H,21,23,24). The number of hydrogen-bond acceptors (Lipinski definition) is 5. The van der Waals surface area contributed by atoms with Crippen molar-refractivity contribution in [3.8, 4) is 5.75 Å². The number of benzene rings is 2. The van der Waals surface area contributed by atoms with Crippen molar-refractivity contribution in [2.75, 3.05) is 11.9 Å². The second kappa shape index (κ2) is 7.77. The molecule has 0 bridgehead atoms. The van der Waals surface area contributed by atoms with Gasteiger partial charge in [0.05, 0.1) is 6.42 Å². The summed E-state index contributed by atoms with van der Waals surface area (Å²) in [5, 5.41) is 10.2. The number of nitrogens with one attached hydrogen (secondary N) is 1. The summed E-state index contributed by atoms with van der Waals surface area (Å²) in [6.45, 7) is 3.84. The topological polar surface area (TPSA) is 77.2 Å². The minimum Gasteiger partial charge on any atom is -0.484 e. The zero-order valence-corrected chi connectivity index (χ0v) is 14.5. The molecule has 0 radical (unpaired) electrons. The molecule has 3 rings (SSSR count). The molecule has 26 heavy (non-hydrogen) atoms. The number of carbonyl (C=O) groups excluding carboxylic acids is 1. The van der Waals surface area contributed by atoms with Gasteiger partial charge in [-0.05, 0) is 54.8 Å². The van der Waals surface area contributed by atoms with Crippen LogP contribution in [-0.4, -0.2) is 22.7 Å². The van der Waals surface area contributed by atoms with E-state index in [-0.39, 0.29) is 18.4 Å². The number of aryl methyl sites for hydroxylation is 2. The van der Waals surface area contributed by atoms with Gasteiger partial charge in [0.25, 0.3) is 5.91 Å². The molecule has 2 aromatic carbocycles. The van der Waals surface area contributed by atoms with E-state index in [1.807, 2.05) is 26.0 Å². The molecule has 6 nitrogen and oxygen atoms in total. The van der Waals surface area contributed by atoms with Crippen molar-refractivity contribution in [3.63, 3.8) is 0 Å². The van der Waals surface area contributed by atoms with Gasteiger partial charge in [-0.1, -0.05) is 23.3 Å². The number of nitrogens with zero attached hydrogens (tertiary/aromatic N) is 2. The van der Waals surface area contributed by atoms with Crippen LogP contribution in [0.1, 0.15) is 22.6 Å². The summed E-state index contributed by atoms with van der Waals surface area (Å²) in [7, 11) is 0. The quantitative estimate of drug-likeness (QED) is 0.733. The van der Waals surface area contributed by atoms with Crippen molar-refractivity contribution < 1.29 is 18.3 Å². The second-order valence-electron chi connectivity index (χ2n) is 5.89. The third kappa shape index (κ3) is 4.66. The van der Waals surface area contributed by atoms with Crippen LogP contribution in [-0.2, 0) is 11.2 Å². The van der Waals surface area contributed by atoms with E-state index >= 15 is 0 Å². The lowest BCUT2D eigenvalue weighted by molar-refractivity contribution is -0.118. The number of rotatable bonds is 6. The predicted molar refractivity (Wildman–Crippen MR) is 93.5 cm³/mol. The average Bonchev–Trinajstić information content (AvgIpc) is 3.04. The Bertz CT molecular complexity index is 907. The van der Waals surface area contributed by atoms with Crippen LogP contribution in [0.25, 0.3) is 0 Å². The fourth-order valence-electron chi connectivity index (χ4n) is 2.30. The minimum absolute atomic E-state index is 0.0107. The largest absolute Gasteiger partial charge is 0.484 e. The van der Waals surface area contributed by atoms with Gasteiger partial charge in [-0.15, -0.1) is 5.10 Å². The fraction of sp³-hybridized carbons (Fsp3) is 0.211. The van der Waals surface area contributed by atoms with Gasteiger partial charge in [-0.2, -0.15) is 0 Å². The summed E-state index contributed by atoms with van der Waals surface area (Å²) < 4.78 is 23.5. The van der Waals surface area contributed by atoms with Gasteiger partial charge in [-0.25, -0.2) is 4.39 Å². The molecule has 0 saturated heterocycles. The Morgan fingerprint density at radius 2 is 1.88 bits per heavy atom. The highest BCUT2D eigenvalue weighted by Gasteiger charge is 2.11. The molecule has 3 aromatic rings.